The number of ether oxygens (including phenoxy) is 7. The molecule has 4 heterocycles. The number of hydrogen-bond donors (Lipinski definition) is 13. The number of fused-ring (bicyclic) bond motifs is 2. The number of aliphatic carboxylic acids is 1. The van der Waals surface area contributed by atoms with Gasteiger partial charge in [0.25, 0.3) is 0 Å². The third-order valence-corrected chi connectivity index (χ3v) is 14.0. The Balaban J connectivity index is 1.32. The minimum absolute atomic E-state index is 0.0394. The molecule has 0 radical (unpaired) electrons. The van der Waals surface area contributed by atoms with Crippen LogP contribution in [0.5, 0.6) is 34.5 Å². The Morgan fingerprint density at radius 3 is 1.70 bits per heavy atom. The first kappa shape index (κ1) is 60.7. The first-order valence-corrected chi connectivity index (χ1v) is 25.2. The van der Waals surface area contributed by atoms with Gasteiger partial charge < -0.3 is 109 Å². The summed E-state index contributed by atoms with van der Waals surface area (Å²) in [6.07, 6.45) is -17.5. The minimum Gasteiger partial charge on any atom is -0.507 e. The number of methoxy groups -OCH3 is 3. The first-order chi connectivity index (χ1) is 39.3. The van der Waals surface area contributed by atoms with Crippen LogP contribution in [0.2, 0.25) is 0 Å². The van der Waals surface area contributed by atoms with Crippen LogP contribution in [0.3, 0.4) is 0 Å². The molecule has 0 bridgehead atoms. The SMILES string of the molecule is COC(=O)[C@@]1(Oc2cc(O)c3c(=O)cc(-c4ccc(O[C@]5(C(=O)O)C[C@H](O)[C@@H](NC(C)=O)[C@H]([C@@H](O)[C@@H](O)CO)O5)cc4)oc3c2-c2cc(-c3cc(=O)c4c(O)cc(OC)cc4o3)ccc2OC)C[C@H](O)[C@@H](NC(C)=O)[C@H]([C@@H](O)[C@@H](O)CO)O1. The van der Waals surface area contributed by atoms with Gasteiger partial charge in [-0.3, -0.25) is 19.2 Å². The zero-order valence-corrected chi connectivity index (χ0v) is 44.6. The van der Waals surface area contributed by atoms with Crippen LogP contribution in [0.15, 0.2) is 91.2 Å². The number of phenols is 2. The van der Waals surface area contributed by atoms with Gasteiger partial charge in [-0.15, -0.1) is 0 Å². The number of aromatic hydroxyl groups is 2. The predicted octanol–water partition coefficient (Wildman–Crippen LogP) is -0.526. The average Bonchev–Trinajstić information content (AvgIpc) is 2.94. The summed E-state index contributed by atoms with van der Waals surface area (Å²) in [6.45, 7) is 0.0238. The lowest BCUT2D eigenvalue weighted by molar-refractivity contribution is -0.285. The maximum absolute atomic E-state index is 14.5. The number of hydrogen-bond acceptors (Lipinski definition) is 25. The number of aliphatic hydroxyl groups is 8. The third-order valence-electron chi connectivity index (χ3n) is 14.0. The highest BCUT2D eigenvalue weighted by Gasteiger charge is 2.59. The molecular formula is C55H58N2O26. The molecular weight excluding hydrogens is 1100 g/mol. The average molecular weight is 1160 g/mol. The van der Waals surface area contributed by atoms with Crippen molar-refractivity contribution in [2.45, 2.75) is 99.2 Å². The van der Waals surface area contributed by atoms with Gasteiger partial charge in [-0.25, -0.2) is 9.59 Å². The molecule has 6 aromatic rings. The maximum Gasteiger partial charge on any atom is 0.379 e. The van der Waals surface area contributed by atoms with E-state index in [1.807, 2.05) is 0 Å². The highest BCUT2D eigenvalue weighted by Crippen LogP contribution is 2.49. The van der Waals surface area contributed by atoms with E-state index < -0.39 is 161 Å². The van der Waals surface area contributed by atoms with E-state index in [9.17, 15) is 84.9 Å². The molecule has 4 aromatic carbocycles. The van der Waals surface area contributed by atoms with Gasteiger partial charge >= 0.3 is 23.5 Å². The van der Waals surface area contributed by atoms with E-state index in [-0.39, 0.29) is 62.0 Å². The number of esters is 1. The molecule has 8 rings (SSSR count). The van der Waals surface area contributed by atoms with Crippen molar-refractivity contribution in [2.75, 3.05) is 34.5 Å². The Morgan fingerprint density at radius 1 is 0.639 bits per heavy atom. The molecule has 0 unspecified atom stereocenters. The summed E-state index contributed by atoms with van der Waals surface area (Å²) in [4.78, 5) is 79.7. The molecule has 444 valence electrons. The predicted molar refractivity (Wildman–Crippen MR) is 282 cm³/mol. The van der Waals surface area contributed by atoms with Crippen molar-refractivity contribution in [2.24, 2.45) is 0 Å². The second kappa shape index (κ2) is 24.2. The van der Waals surface area contributed by atoms with Gasteiger partial charge in [0.2, 0.25) is 11.8 Å². The van der Waals surface area contributed by atoms with Crippen LogP contribution in [0.1, 0.15) is 26.7 Å². The van der Waals surface area contributed by atoms with Crippen LogP contribution in [0.4, 0.5) is 0 Å². The second-order valence-electron chi connectivity index (χ2n) is 19.5. The zero-order chi connectivity index (χ0) is 60.6. The number of aliphatic hydroxyl groups excluding tert-OH is 8. The number of nitrogens with one attached hydrogen (secondary N) is 2. The quantitative estimate of drug-likeness (QED) is 0.0454. The summed E-state index contributed by atoms with van der Waals surface area (Å²) < 4.78 is 53.0. The summed E-state index contributed by atoms with van der Waals surface area (Å²) in [5, 5.41) is 122. The Labute approximate surface area is 467 Å². The maximum atomic E-state index is 14.5. The van der Waals surface area contributed by atoms with Crippen LogP contribution in [0, 0.1) is 0 Å². The zero-order valence-electron chi connectivity index (χ0n) is 44.6. The van der Waals surface area contributed by atoms with Crippen molar-refractivity contribution in [3.8, 4) is 68.3 Å². The van der Waals surface area contributed by atoms with E-state index in [0.29, 0.717) is 0 Å². The summed E-state index contributed by atoms with van der Waals surface area (Å²) in [5.41, 5.74) is -2.61. The molecule has 2 aliphatic heterocycles. The monoisotopic (exact) mass is 1160 g/mol. The summed E-state index contributed by atoms with van der Waals surface area (Å²) in [6, 6.07) is 11.4. The van der Waals surface area contributed by atoms with E-state index >= 15 is 0 Å². The van der Waals surface area contributed by atoms with Gasteiger partial charge in [-0.1, -0.05) is 0 Å². The number of rotatable bonds is 19. The van der Waals surface area contributed by atoms with Crippen LogP contribution < -0.4 is 40.4 Å². The molecule has 2 fully saturated rings. The van der Waals surface area contributed by atoms with E-state index in [2.05, 4.69) is 10.6 Å². The molecule has 0 saturated carbocycles. The van der Waals surface area contributed by atoms with Gasteiger partial charge in [0, 0.05) is 60.9 Å². The molecule has 13 N–H and O–H groups in total. The lowest BCUT2D eigenvalue weighted by Gasteiger charge is -2.47. The lowest BCUT2D eigenvalue weighted by atomic mass is 9.88. The molecule has 0 aliphatic carbocycles. The van der Waals surface area contributed by atoms with Gasteiger partial charge in [-0.05, 0) is 42.5 Å². The molecule has 2 aliphatic rings. The lowest BCUT2D eigenvalue weighted by Crippen LogP contribution is -2.68. The molecule has 28 nitrogen and oxygen atoms in total. The number of carbonyl (C=O) groups is 4. The van der Waals surface area contributed by atoms with Crippen molar-refractivity contribution >= 4 is 45.7 Å². The largest absolute Gasteiger partial charge is 0.507 e. The fraction of sp³-hybridized carbons (Fsp3) is 0.382. The number of benzene rings is 4. The summed E-state index contributed by atoms with van der Waals surface area (Å²) >= 11 is 0. The molecule has 28 heteroatoms. The smallest absolute Gasteiger partial charge is 0.379 e. The van der Waals surface area contributed by atoms with Gasteiger partial charge in [0.15, 0.2) is 16.4 Å². The van der Waals surface area contributed by atoms with Crippen LogP contribution in [-0.2, 0) is 33.4 Å². The number of phenolic OH excluding ortho intramolecular Hbond substituents is 2. The Bertz CT molecular complexity index is 3570. The molecule has 83 heavy (non-hydrogen) atoms. The van der Waals surface area contributed by atoms with E-state index in [1.54, 1.807) is 0 Å². The number of amides is 2. The van der Waals surface area contributed by atoms with Crippen LogP contribution in [-0.4, -0.2) is 187 Å². The minimum atomic E-state index is -2.92. The van der Waals surface area contributed by atoms with Crippen molar-refractivity contribution in [3.05, 3.63) is 93.2 Å². The highest BCUT2D eigenvalue weighted by atomic mass is 16.7. The van der Waals surface area contributed by atoms with Crippen LogP contribution >= 0.6 is 0 Å². The molecule has 2 aromatic heterocycles. The number of carboxylic acids is 1. The topological polar surface area (TPSA) is 440 Å². The summed E-state index contributed by atoms with van der Waals surface area (Å²) in [7, 11) is 3.46. The van der Waals surface area contributed by atoms with Crippen molar-refractivity contribution in [1.82, 2.24) is 10.6 Å². The number of carbonyl (C=O) groups excluding carboxylic acids is 3. The highest BCUT2D eigenvalue weighted by molar-refractivity contribution is 6.02. The molecule has 0 spiro atoms. The third kappa shape index (κ3) is 11.8. The fourth-order valence-electron chi connectivity index (χ4n) is 10.00. The van der Waals surface area contributed by atoms with Gasteiger partial charge in [0.05, 0.1) is 77.2 Å². The van der Waals surface area contributed by atoms with Crippen molar-refractivity contribution < 1.29 is 117 Å². The Hall–Kier alpha value is -8.42. The van der Waals surface area contributed by atoms with E-state index in [0.717, 1.165) is 39.2 Å². The Morgan fingerprint density at radius 2 is 1.17 bits per heavy atom. The van der Waals surface area contributed by atoms with Crippen molar-refractivity contribution in [1.29, 1.82) is 0 Å². The second-order valence-corrected chi connectivity index (χ2v) is 19.5. The van der Waals surface area contributed by atoms with Crippen molar-refractivity contribution in [3.63, 3.8) is 0 Å². The standard InChI is InChI=1S/C55H58N2O26/c1-22(60)56-45-33(66)18-54(52(72)73,82-50(45)47(70)35(68)20-58)80-26-9-6-24(7-10-26)38-16-31(64)44-32(65)17-41(81-55(53(74)77-5)19-34(67)46(57-23(2)61)51(83-55)48(71)36(69)21-59)42(49(44)79-38)28-12-25(8-11-37(28)76-4)39-15-30(63)43-29(62)13-27(75-3)14-40(43)78-39/h6-17,33-36,45-48,50-51,58-59,62,65-71H,18-21H2,1-5H3,(H,56,60)(H,57,61)(H,72,73)/t33-,34-,35-,36-,45+,46+,47-,48-,50+,51+,54+,55+/m0/s1. The molecule has 2 amide bonds. The number of carboxylic acid groups (broad SMARTS) is 1. The normalized spacial score (nSPS) is 24.0. The molecule has 2 saturated heterocycles. The molecule has 12 atom stereocenters. The van der Waals surface area contributed by atoms with E-state index in [4.69, 9.17) is 42.0 Å². The Kier molecular flexibility index (Phi) is 17.7. The first-order valence-electron chi connectivity index (χ1n) is 25.2. The van der Waals surface area contributed by atoms with Gasteiger partial charge in [-0.2, -0.15) is 0 Å². The van der Waals surface area contributed by atoms with Crippen LogP contribution in [0.25, 0.3) is 55.7 Å². The van der Waals surface area contributed by atoms with Gasteiger partial charge in [0.1, 0.15) is 99.0 Å². The van der Waals surface area contributed by atoms with E-state index in [1.165, 1.54) is 68.8 Å². The fourth-order valence-corrected chi connectivity index (χ4v) is 10.00. The summed E-state index contributed by atoms with van der Waals surface area (Å²) in [5.74, 6) is -13.0.